The van der Waals surface area contributed by atoms with Gasteiger partial charge < -0.3 is 24.4 Å². The third-order valence-electron chi connectivity index (χ3n) is 6.56. The second-order valence-electron chi connectivity index (χ2n) is 9.70. The highest BCUT2D eigenvalue weighted by atomic mass is 16.5. The minimum atomic E-state index is -0.478. The van der Waals surface area contributed by atoms with Crippen molar-refractivity contribution in [3.63, 3.8) is 0 Å². The quantitative estimate of drug-likeness (QED) is 0.431. The van der Waals surface area contributed by atoms with E-state index in [0.717, 1.165) is 6.54 Å². The lowest BCUT2D eigenvalue weighted by atomic mass is 10.1. The van der Waals surface area contributed by atoms with Crippen molar-refractivity contribution in [2.75, 3.05) is 57.9 Å². The third kappa shape index (κ3) is 7.17. The van der Waals surface area contributed by atoms with Crippen molar-refractivity contribution in [1.29, 1.82) is 0 Å². The summed E-state index contributed by atoms with van der Waals surface area (Å²) in [6.45, 7) is 14.4. The number of carbonyl (C=O) groups excluding carboxylic acids is 2. The van der Waals surface area contributed by atoms with Crippen LogP contribution in [0, 0.1) is 0 Å². The van der Waals surface area contributed by atoms with Crippen LogP contribution in [0.25, 0.3) is 0 Å². The molecule has 1 aliphatic rings. The van der Waals surface area contributed by atoms with E-state index < -0.39 is 5.97 Å². The number of para-hydroxylation sites is 1. The standard InChI is InChI=1S/C29H42N4O5/c1-7-37-28(34)24-10-8-9-11-25(24)33(29(35)31-16-14-30-15-17-31)23-12-13-26(36-6)27(20-23)38-19-18-32(21(2)3)22(4)5/h8-13,20-22,30H,7,14-19H2,1-6H3. The van der Waals surface area contributed by atoms with Gasteiger partial charge in [-0.15, -0.1) is 0 Å². The van der Waals surface area contributed by atoms with Gasteiger partial charge in [0.1, 0.15) is 6.61 Å². The number of urea groups is 1. The lowest BCUT2D eigenvalue weighted by Crippen LogP contribution is -2.50. The molecule has 3 rings (SSSR count). The van der Waals surface area contributed by atoms with E-state index in [2.05, 4.69) is 37.9 Å². The van der Waals surface area contributed by atoms with E-state index in [-0.39, 0.29) is 12.6 Å². The van der Waals surface area contributed by atoms with Gasteiger partial charge in [-0.05, 0) is 58.9 Å². The first-order valence-electron chi connectivity index (χ1n) is 13.4. The third-order valence-corrected chi connectivity index (χ3v) is 6.56. The number of piperazine rings is 1. The molecule has 2 aromatic carbocycles. The van der Waals surface area contributed by atoms with Gasteiger partial charge in [0.15, 0.2) is 11.5 Å². The van der Waals surface area contributed by atoms with Gasteiger partial charge in [0.05, 0.1) is 30.7 Å². The largest absolute Gasteiger partial charge is 0.493 e. The van der Waals surface area contributed by atoms with Crippen LogP contribution in [0.2, 0.25) is 0 Å². The Kier molecular flexibility index (Phi) is 10.8. The highest BCUT2D eigenvalue weighted by molar-refractivity contribution is 6.06. The minimum Gasteiger partial charge on any atom is -0.493 e. The van der Waals surface area contributed by atoms with E-state index in [1.54, 1.807) is 54.2 Å². The average Bonchev–Trinajstić information content (AvgIpc) is 2.91. The number of ether oxygens (including phenoxy) is 3. The Morgan fingerprint density at radius 2 is 1.68 bits per heavy atom. The maximum atomic E-state index is 13.9. The first kappa shape index (κ1) is 29.3. The van der Waals surface area contributed by atoms with Crippen molar-refractivity contribution in [2.45, 2.75) is 46.7 Å². The highest BCUT2D eigenvalue weighted by Crippen LogP contribution is 2.37. The Hall–Kier alpha value is -3.30. The number of rotatable bonds is 11. The number of benzene rings is 2. The maximum Gasteiger partial charge on any atom is 0.340 e. The molecule has 2 aromatic rings. The number of amides is 2. The molecule has 1 fully saturated rings. The van der Waals surface area contributed by atoms with Crippen LogP contribution < -0.4 is 19.7 Å². The topological polar surface area (TPSA) is 83.6 Å². The molecule has 1 heterocycles. The summed E-state index contributed by atoms with van der Waals surface area (Å²) in [4.78, 5) is 32.5. The number of esters is 1. The Morgan fingerprint density at radius 3 is 2.32 bits per heavy atom. The number of nitrogens with one attached hydrogen (secondary N) is 1. The molecule has 38 heavy (non-hydrogen) atoms. The van der Waals surface area contributed by atoms with E-state index in [9.17, 15) is 9.59 Å². The van der Waals surface area contributed by atoms with E-state index in [1.807, 2.05) is 12.1 Å². The summed E-state index contributed by atoms with van der Waals surface area (Å²) < 4.78 is 17.1. The minimum absolute atomic E-state index is 0.217. The summed E-state index contributed by atoms with van der Waals surface area (Å²) in [5, 5.41) is 3.28. The van der Waals surface area contributed by atoms with Gasteiger partial charge >= 0.3 is 12.0 Å². The summed E-state index contributed by atoms with van der Waals surface area (Å²) in [7, 11) is 1.59. The molecule has 9 heteroatoms. The summed E-state index contributed by atoms with van der Waals surface area (Å²) in [5.41, 5.74) is 1.35. The molecule has 2 amide bonds. The van der Waals surface area contributed by atoms with Crippen LogP contribution in [0.15, 0.2) is 42.5 Å². The molecule has 0 radical (unpaired) electrons. The second-order valence-corrected chi connectivity index (χ2v) is 9.70. The summed E-state index contributed by atoms with van der Waals surface area (Å²) >= 11 is 0. The van der Waals surface area contributed by atoms with Crippen molar-refractivity contribution in [3.05, 3.63) is 48.0 Å². The fourth-order valence-electron chi connectivity index (χ4n) is 4.69. The normalized spacial score (nSPS) is 13.7. The Bertz CT molecular complexity index is 1060. The SMILES string of the molecule is CCOC(=O)c1ccccc1N(C(=O)N1CCNCC1)c1ccc(OC)c(OCCN(C(C)C)C(C)C)c1. The molecule has 1 aliphatic heterocycles. The van der Waals surface area contributed by atoms with Crippen molar-refractivity contribution in [3.8, 4) is 11.5 Å². The van der Waals surface area contributed by atoms with E-state index in [4.69, 9.17) is 14.2 Å². The van der Waals surface area contributed by atoms with E-state index in [1.165, 1.54) is 0 Å². The van der Waals surface area contributed by atoms with Gasteiger partial charge in [-0.3, -0.25) is 9.80 Å². The predicted molar refractivity (Wildman–Crippen MR) is 150 cm³/mol. The van der Waals surface area contributed by atoms with Crippen LogP contribution in [-0.2, 0) is 4.74 Å². The summed E-state index contributed by atoms with van der Waals surface area (Å²) in [5.74, 6) is 0.625. The van der Waals surface area contributed by atoms with Gasteiger partial charge in [-0.2, -0.15) is 0 Å². The second kappa shape index (κ2) is 14.0. The predicted octanol–water partition coefficient (Wildman–Crippen LogP) is 4.53. The zero-order chi connectivity index (χ0) is 27.7. The maximum absolute atomic E-state index is 13.9. The van der Waals surface area contributed by atoms with Gasteiger partial charge in [0, 0.05) is 50.9 Å². The molecule has 1 N–H and O–H groups in total. The van der Waals surface area contributed by atoms with Crippen molar-refractivity contribution < 1.29 is 23.8 Å². The lowest BCUT2D eigenvalue weighted by molar-refractivity contribution is 0.0527. The molecule has 208 valence electrons. The number of nitrogens with zero attached hydrogens (tertiary/aromatic N) is 3. The molecular formula is C29H42N4O5. The molecule has 0 unspecified atom stereocenters. The van der Waals surface area contributed by atoms with Crippen LogP contribution in [0.3, 0.4) is 0 Å². The average molecular weight is 527 g/mol. The fraction of sp³-hybridized carbons (Fsp3) is 0.517. The lowest BCUT2D eigenvalue weighted by Gasteiger charge is -2.34. The number of carbonyl (C=O) groups is 2. The molecule has 0 saturated carbocycles. The molecule has 9 nitrogen and oxygen atoms in total. The van der Waals surface area contributed by atoms with Crippen molar-refractivity contribution in [2.24, 2.45) is 0 Å². The van der Waals surface area contributed by atoms with Crippen molar-refractivity contribution >= 4 is 23.4 Å². The van der Waals surface area contributed by atoms with Gasteiger partial charge in [0.2, 0.25) is 0 Å². The Balaban J connectivity index is 2.01. The van der Waals surface area contributed by atoms with E-state index >= 15 is 0 Å². The molecule has 0 aromatic heterocycles. The van der Waals surface area contributed by atoms with Crippen LogP contribution in [-0.4, -0.2) is 86.9 Å². The molecule has 0 bridgehead atoms. The Labute approximate surface area is 226 Å². The summed E-state index contributed by atoms with van der Waals surface area (Å²) in [6.07, 6.45) is 0. The van der Waals surface area contributed by atoms with E-state index in [0.29, 0.717) is 73.3 Å². The van der Waals surface area contributed by atoms with Gasteiger partial charge in [0.25, 0.3) is 0 Å². The van der Waals surface area contributed by atoms with Gasteiger partial charge in [-0.1, -0.05) is 12.1 Å². The van der Waals surface area contributed by atoms with Crippen LogP contribution >= 0.6 is 0 Å². The zero-order valence-electron chi connectivity index (χ0n) is 23.5. The number of anilines is 2. The highest BCUT2D eigenvalue weighted by Gasteiger charge is 2.29. The first-order valence-corrected chi connectivity index (χ1v) is 13.4. The number of hydrogen-bond donors (Lipinski definition) is 1. The molecule has 0 aliphatic carbocycles. The number of methoxy groups -OCH3 is 1. The molecule has 1 saturated heterocycles. The monoisotopic (exact) mass is 526 g/mol. The van der Waals surface area contributed by atoms with Gasteiger partial charge in [-0.25, -0.2) is 9.59 Å². The van der Waals surface area contributed by atoms with Crippen LogP contribution in [0.5, 0.6) is 11.5 Å². The first-order chi connectivity index (χ1) is 18.3. The molecular weight excluding hydrogens is 484 g/mol. The zero-order valence-corrected chi connectivity index (χ0v) is 23.5. The van der Waals surface area contributed by atoms with Crippen molar-refractivity contribution in [1.82, 2.24) is 15.1 Å². The fourth-order valence-corrected chi connectivity index (χ4v) is 4.69. The Morgan fingerprint density at radius 1 is 1.00 bits per heavy atom. The molecule has 0 atom stereocenters. The summed E-state index contributed by atoms with van der Waals surface area (Å²) in [6, 6.07) is 13.0. The smallest absolute Gasteiger partial charge is 0.340 e. The molecule has 0 spiro atoms. The van der Waals surface area contributed by atoms with Crippen LogP contribution in [0.1, 0.15) is 45.0 Å². The van der Waals surface area contributed by atoms with Crippen LogP contribution in [0.4, 0.5) is 16.2 Å². The number of hydrogen-bond acceptors (Lipinski definition) is 7.